The number of thioether (sulfide) groups is 1. The lowest BCUT2D eigenvalue weighted by Crippen LogP contribution is -2.28. The predicted octanol–water partition coefficient (Wildman–Crippen LogP) is 4.79. The number of nitrogens with zero attached hydrogens (tertiary/aromatic N) is 1. The van der Waals surface area contributed by atoms with Gasteiger partial charge in [0.2, 0.25) is 0 Å². The maximum atomic E-state index is 12.8. The molecule has 0 aromatic heterocycles. The van der Waals surface area contributed by atoms with E-state index >= 15 is 0 Å². The largest absolute Gasteiger partial charge is 0.479 e. The molecular weight excluding hydrogens is 390 g/mol. The molecule has 2 aromatic rings. The molecule has 0 spiro atoms. The van der Waals surface area contributed by atoms with Crippen LogP contribution in [0.5, 0.6) is 5.75 Å². The summed E-state index contributed by atoms with van der Waals surface area (Å²) in [6.45, 7) is 5.56. The van der Waals surface area contributed by atoms with Gasteiger partial charge >= 0.3 is 5.97 Å². The standard InChI is InChI=1S/C22H21NO5S/c1-4-18(21(25)26)28-16-8-6-15(7-9-16)12-19-20(24)23(22(27)29-19)17-10-5-13(2)11-14(17)3/h5-12,18H,4H2,1-3H3,(H,25,26)/b19-12+. The summed E-state index contributed by atoms with van der Waals surface area (Å²) < 4.78 is 5.43. The summed E-state index contributed by atoms with van der Waals surface area (Å²) in [6, 6.07) is 12.3. The molecule has 1 unspecified atom stereocenters. The summed E-state index contributed by atoms with van der Waals surface area (Å²) in [5.41, 5.74) is 3.22. The molecule has 7 heteroatoms. The monoisotopic (exact) mass is 411 g/mol. The smallest absolute Gasteiger partial charge is 0.344 e. The first-order valence-electron chi connectivity index (χ1n) is 9.15. The highest BCUT2D eigenvalue weighted by atomic mass is 32.2. The highest BCUT2D eigenvalue weighted by Crippen LogP contribution is 2.37. The summed E-state index contributed by atoms with van der Waals surface area (Å²) >= 11 is 0.896. The first-order chi connectivity index (χ1) is 13.8. The molecule has 150 valence electrons. The molecule has 1 aliphatic rings. The number of rotatable bonds is 6. The number of ether oxygens (including phenoxy) is 1. The number of carboxylic acid groups (broad SMARTS) is 1. The molecule has 1 fully saturated rings. The van der Waals surface area contributed by atoms with Crippen LogP contribution in [0.4, 0.5) is 10.5 Å². The summed E-state index contributed by atoms with van der Waals surface area (Å²) in [5.74, 6) is -0.944. The molecule has 1 saturated heterocycles. The van der Waals surface area contributed by atoms with Gasteiger partial charge in [0.15, 0.2) is 6.10 Å². The fraction of sp³-hybridized carbons (Fsp3) is 0.227. The van der Waals surface area contributed by atoms with Crippen molar-refractivity contribution in [3.63, 3.8) is 0 Å². The number of aliphatic carboxylic acids is 1. The topological polar surface area (TPSA) is 83.9 Å². The van der Waals surface area contributed by atoms with E-state index in [-0.39, 0.29) is 11.1 Å². The molecule has 0 saturated carbocycles. The molecule has 29 heavy (non-hydrogen) atoms. The predicted molar refractivity (Wildman–Crippen MR) is 113 cm³/mol. The quantitative estimate of drug-likeness (QED) is 0.688. The minimum atomic E-state index is -1.02. The zero-order valence-electron chi connectivity index (χ0n) is 16.3. The lowest BCUT2D eigenvalue weighted by molar-refractivity contribution is -0.145. The lowest BCUT2D eigenvalue weighted by atomic mass is 10.1. The van der Waals surface area contributed by atoms with Crippen molar-refractivity contribution in [2.24, 2.45) is 0 Å². The highest BCUT2D eigenvalue weighted by molar-refractivity contribution is 8.19. The fourth-order valence-electron chi connectivity index (χ4n) is 3.00. The maximum absolute atomic E-state index is 12.8. The molecule has 1 atom stereocenters. The molecule has 2 amide bonds. The average Bonchev–Trinajstić information content (AvgIpc) is 2.94. The second kappa shape index (κ2) is 8.53. The van der Waals surface area contributed by atoms with Gasteiger partial charge in [-0.1, -0.05) is 36.8 Å². The van der Waals surface area contributed by atoms with E-state index in [2.05, 4.69) is 0 Å². The van der Waals surface area contributed by atoms with Crippen LogP contribution < -0.4 is 9.64 Å². The van der Waals surface area contributed by atoms with Crippen LogP contribution in [0.25, 0.3) is 6.08 Å². The molecule has 0 bridgehead atoms. The molecule has 3 rings (SSSR count). The van der Waals surface area contributed by atoms with Crippen LogP contribution in [-0.2, 0) is 9.59 Å². The Morgan fingerprint density at radius 1 is 1.17 bits per heavy atom. The number of aryl methyl sites for hydroxylation is 2. The number of carbonyl (C=O) groups excluding carboxylic acids is 2. The Morgan fingerprint density at radius 3 is 2.45 bits per heavy atom. The summed E-state index contributed by atoms with van der Waals surface area (Å²) in [4.78, 5) is 37.9. The summed E-state index contributed by atoms with van der Waals surface area (Å²) in [7, 11) is 0. The van der Waals surface area contributed by atoms with Crippen molar-refractivity contribution < 1.29 is 24.2 Å². The number of hydrogen-bond acceptors (Lipinski definition) is 5. The molecule has 1 aliphatic heterocycles. The van der Waals surface area contributed by atoms with Crippen molar-refractivity contribution in [1.29, 1.82) is 0 Å². The molecule has 1 heterocycles. The number of benzene rings is 2. The van der Waals surface area contributed by atoms with Crippen LogP contribution in [0, 0.1) is 13.8 Å². The van der Waals surface area contributed by atoms with Crippen LogP contribution in [0.15, 0.2) is 47.4 Å². The maximum Gasteiger partial charge on any atom is 0.344 e. The molecule has 1 N–H and O–H groups in total. The highest BCUT2D eigenvalue weighted by Gasteiger charge is 2.36. The Labute approximate surface area is 173 Å². The third-order valence-corrected chi connectivity index (χ3v) is 5.36. The van der Waals surface area contributed by atoms with Gasteiger partial charge in [-0.05, 0) is 67.4 Å². The van der Waals surface area contributed by atoms with E-state index in [0.29, 0.717) is 28.3 Å². The number of carboxylic acids is 1. The van der Waals surface area contributed by atoms with E-state index in [1.54, 1.807) is 43.3 Å². The number of carbonyl (C=O) groups is 3. The Morgan fingerprint density at radius 2 is 1.86 bits per heavy atom. The number of amides is 2. The number of hydrogen-bond donors (Lipinski definition) is 1. The van der Waals surface area contributed by atoms with Gasteiger partial charge < -0.3 is 9.84 Å². The summed E-state index contributed by atoms with van der Waals surface area (Å²) in [6.07, 6.45) is 1.09. The zero-order valence-corrected chi connectivity index (χ0v) is 17.2. The van der Waals surface area contributed by atoms with Gasteiger partial charge in [-0.25, -0.2) is 9.69 Å². The van der Waals surface area contributed by atoms with Crippen molar-refractivity contribution >= 4 is 40.6 Å². The van der Waals surface area contributed by atoms with Crippen molar-refractivity contribution in [2.75, 3.05) is 4.90 Å². The normalized spacial score (nSPS) is 16.4. The van der Waals surface area contributed by atoms with Crippen molar-refractivity contribution in [1.82, 2.24) is 0 Å². The minimum absolute atomic E-state index is 0.333. The Hall–Kier alpha value is -3.06. The number of imide groups is 1. The van der Waals surface area contributed by atoms with E-state index in [0.717, 1.165) is 22.9 Å². The Kier molecular flexibility index (Phi) is 6.08. The van der Waals surface area contributed by atoms with Crippen molar-refractivity contribution in [3.8, 4) is 5.75 Å². The van der Waals surface area contributed by atoms with Crippen LogP contribution in [0.2, 0.25) is 0 Å². The Bertz CT molecular complexity index is 997. The van der Waals surface area contributed by atoms with E-state index in [4.69, 9.17) is 9.84 Å². The van der Waals surface area contributed by atoms with Crippen molar-refractivity contribution in [2.45, 2.75) is 33.3 Å². The minimum Gasteiger partial charge on any atom is -0.479 e. The van der Waals surface area contributed by atoms with Gasteiger partial charge in [-0.2, -0.15) is 0 Å². The second-order valence-electron chi connectivity index (χ2n) is 6.73. The van der Waals surface area contributed by atoms with Gasteiger partial charge in [0.25, 0.3) is 11.1 Å². The van der Waals surface area contributed by atoms with Crippen LogP contribution in [0.3, 0.4) is 0 Å². The third kappa shape index (κ3) is 4.51. The molecular formula is C22H21NO5S. The van der Waals surface area contributed by atoms with Gasteiger partial charge in [-0.3, -0.25) is 9.59 Å². The van der Waals surface area contributed by atoms with Gasteiger partial charge in [0.1, 0.15) is 5.75 Å². The van der Waals surface area contributed by atoms with E-state index in [9.17, 15) is 14.4 Å². The second-order valence-corrected chi connectivity index (χ2v) is 7.72. The number of anilines is 1. The van der Waals surface area contributed by atoms with E-state index < -0.39 is 12.1 Å². The van der Waals surface area contributed by atoms with E-state index in [1.165, 1.54) is 4.90 Å². The van der Waals surface area contributed by atoms with Crippen LogP contribution in [-0.4, -0.2) is 28.3 Å². The Balaban J connectivity index is 1.80. The lowest BCUT2D eigenvalue weighted by Gasteiger charge is -2.15. The van der Waals surface area contributed by atoms with Crippen LogP contribution in [0.1, 0.15) is 30.0 Å². The van der Waals surface area contributed by atoms with Crippen LogP contribution >= 0.6 is 11.8 Å². The average molecular weight is 411 g/mol. The zero-order chi connectivity index (χ0) is 21.1. The van der Waals surface area contributed by atoms with E-state index in [1.807, 2.05) is 26.0 Å². The summed E-state index contributed by atoms with van der Waals surface area (Å²) in [5, 5.41) is 8.74. The molecule has 2 aromatic carbocycles. The molecule has 0 aliphatic carbocycles. The van der Waals surface area contributed by atoms with Gasteiger partial charge in [-0.15, -0.1) is 0 Å². The third-order valence-electron chi connectivity index (χ3n) is 4.49. The van der Waals surface area contributed by atoms with Crippen molar-refractivity contribution in [3.05, 3.63) is 64.1 Å². The SMILES string of the molecule is CCC(Oc1ccc(/C=C2/SC(=O)N(c3ccc(C)cc3C)C2=O)cc1)C(=O)O. The molecule has 0 radical (unpaired) electrons. The first kappa shape index (κ1) is 20.7. The fourth-order valence-corrected chi connectivity index (χ4v) is 3.83. The first-order valence-corrected chi connectivity index (χ1v) is 9.96. The molecule has 6 nitrogen and oxygen atoms in total. The van der Waals surface area contributed by atoms with Gasteiger partial charge in [0.05, 0.1) is 10.6 Å². The van der Waals surface area contributed by atoms with Gasteiger partial charge in [0, 0.05) is 0 Å².